The van der Waals surface area contributed by atoms with Gasteiger partial charge in [-0.05, 0) is 57.7 Å². The molecule has 25 heavy (non-hydrogen) atoms. The molecule has 1 aliphatic rings. The second-order valence-corrected chi connectivity index (χ2v) is 6.88. The van der Waals surface area contributed by atoms with Crippen LogP contribution in [0.4, 0.5) is 0 Å². The maximum atomic E-state index is 12.3. The Bertz CT molecular complexity index is 810. The van der Waals surface area contributed by atoms with Crippen molar-refractivity contribution in [1.82, 2.24) is 5.32 Å². The Hall–Kier alpha value is -2.23. The highest BCUT2D eigenvalue weighted by molar-refractivity contribution is 5.97. The van der Waals surface area contributed by atoms with Gasteiger partial charge in [-0.2, -0.15) is 0 Å². The highest BCUT2D eigenvalue weighted by atomic mass is 16.5. The predicted molar refractivity (Wildman–Crippen MR) is 101 cm³/mol. The van der Waals surface area contributed by atoms with Crippen molar-refractivity contribution >= 4 is 22.4 Å². The lowest BCUT2D eigenvalue weighted by molar-refractivity contribution is -0.117. The number of amides is 1. The molecule has 1 fully saturated rings. The molecule has 0 saturated heterocycles. The van der Waals surface area contributed by atoms with E-state index in [1.165, 1.54) is 12.8 Å². The van der Waals surface area contributed by atoms with E-state index in [1.807, 2.05) is 26.8 Å². The van der Waals surface area contributed by atoms with Crippen molar-refractivity contribution in [3.63, 3.8) is 0 Å². The summed E-state index contributed by atoms with van der Waals surface area (Å²) in [6.07, 6.45) is 6.27. The highest BCUT2D eigenvalue weighted by Crippen LogP contribution is 2.35. The Morgan fingerprint density at radius 1 is 1.32 bits per heavy atom. The van der Waals surface area contributed by atoms with Crippen LogP contribution in [0.5, 0.6) is 5.75 Å². The number of hydrogen-bond donors (Lipinski definition) is 1. The molecular formula is C21H27NO3. The SMILES string of the molecule is CCOc1cc2oc(C)c(C)c2cc1/C(C)=C/C(=O)NC1CCCC1. The number of hydrogen-bond acceptors (Lipinski definition) is 3. The van der Waals surface area contributed by atoms with Gasteiger partial charge in [-0.3, -0.25) is 4.79 Å². The van der Waals surface area contributed by atoms with Gasteiger partial charge in [0.2, 0.25) is 5.91 Å². The monoisotopic (exact) mass is 341 g/mol. The number of rotatable bonds is 5. The third-order valence-electron chi connectivity index (χ3n) is 5.05. The average Bonchev–Trinajstić information content (AvgIpc) is 3.16. The van der Waals surface area contributed by atoms with E-state index in [2.05, 4.69) is 18.3 Å². The van der Waals surface area contributed by atoms with Gasteiger partial charge >= 0.3 is 0 Å². The van der Waals surface area contributed by atoms with Gasteiger partial charge < -0.3 is 14.5 Å². The second kappa shape index (κ2) is 7.34. The fourth-order valence-corrected chi connectivity index (χ4v) is 3.54. The molecule has 4 heteroatoms. The second-order valence-electron chi connectivity index (χ2n) is 6.88. The molecule has 1 aromatic carbocycles. The van der Waals surface area contributed by atoms with E-state index in [4.69, 9.17) is 9.15 Å². The van der Waals surface area contributed by atoms with E-state index in [1.54, 1.807) is 6.08 Å². The Morgan fingerprint density at radius 2 is 2.04 bits per heavy atom. The fraction of sp³-hybridized carbons (Fsp3) is 0.476. The number of allylic oxidation sites excluding steroid dienone is 1. The number of aryl methyl sites for hydroxylation is 2. The molecule has 134 valence electrons. The molecule has 0 unspecified atom stereocenters. The molecule has 1 heterocycles. The normalized spacial score (nSPS) is 15.8. The van der Waals surface area contributed by atoms with E-state index in [-0.39, 0.29) is 5.91 Å². The van der Waals surface area contributed by atoms with Crippen LogP contribution < -0.4 is 10.1 Å². The van der Waals surface area contributed by atoms with Crippen LogP contribution in [0.3, 0.4) is 0 Å². The number of ether oxygens (including phenoxy) is 1. The van der Waals surface area contributed by atoms with E-state index in [0.29, 0.717) is 12.6 Å². The van der Waals surface area contributed by atoms with Crippen molar-refractivity contribution in [2.45, 2.75) is 59.4 Å². The summed E-state index contributed by atoms with van der Waals surface area (Å²) in [5.74, 6) is 1.65. The summed E-state index contributed by atoms with van der Waals surface area (Å²) in [4.78, 5) is 12.3. The van der Waals surface area contributed by atoms with Crippen LogP contribution in [-0.2, 0) is 4.79 Å². The highest BCUT2D eigenvalue weighted by Gasteiger charge is 2.18. The van der Waals surface area contributed by atoms with Gasteiger partial charge in [0.1, 0.15) is 17.1 Å². The lowest BCUT2D eigenvalue weighted by atomic mass is 10.0. The number of fused-ring (bicyclic) bond motifs is 1. The molecule has 3 rings (SSSR count). The maximum absolute atomic E-state index is 12.3. The summed E-state index contributed by atoms with van der Waals surface area (Å²) < 4.78 is 11.6. The molecule has 2 aromatic rings. The number of furan rings is 1. The lowest BCUT2D eigenvalue weighted by Gasteiger charge is -2.13. The summed E-state index contributed by atoms with van der Waals surface area (Å²) in [5, 5.41) is 4.18. The van der Waals surface area contributed by atoms with Crippen LogP contribution in [0.2, 0.25) is 0 Å². The van der Waals surface area contributed by atoms with E-state index in [9.17, 15) is 4.79 Å². The molecule has 1 amide bonds. The van der Waals surface area contributed by atoms with Crippen molar-refractivity contribution < 1.29 is 13.9 Å². The predicted octanol–water partition coefficient (Wildman–Crippen LogP) is 4.91. The smallest absolute Gasteiger partial charge is 0.244 e. The molecule has 0 bridgehead atoms. The summed E-state index contributed by atoms with van der Waals surface area (Å²) >= 11 is 0. The maximum Gasteiger partial charge on any atom is 0.244 e. The van der Waals surface area contributed by atoms with Gasteiger partial charge in [-0.1, -0.05) is 12.8 Å². The van der Waals surface area contributed by atoms with Gasteiger partial charge in [0, 0.05) is 29.1 Å². The summed E-state index contributed by atoms with van der Waals surface area (Å²) in [7, 11) is 0. The molecule has 0 atom stereocenters. The topological polar surface area (TPSA) is 51.5 Å². The summed E-state index contributed by atoms with van der Waals surface area (Å²) in [5.41, 5.74) is 3.80. The van der Waals surface area contributed by atoms with Gasteiger partial charge in [-0.15, -0.1) is 0 Å². The Labute approximate surface area is 149 Å². The first-order chi connectivity index (χ1) is 12.0. The van der Waals surface area contributed by atoms with E-state index >= 15 is 0 Å². The Morgan fingerprint density at radius 3 is 2.72 bits per heavy atom. The van der Waals surface area contributed by atoms with Crippen LogP contribution >= 0.6 is 0 Å². The van der Waals surface area contributed by atoms with Gasteiger partial charge in [-0.25, -0.2) is 0 Å². The third kappa shape index (κ3) is 3.73. The quantitative estimate of drug-likeness (QED) is 0.786. The van der Waals surface area contributed by atoms with Crippen LogP contribution in [-0.4, -0.2) is 18.6 Å². The van der Waals surface area contributed by atoms with Crippen LogP contribution in [0.15, 0.2) is 22.6 Å². The Kier molecular flexibility index (Phi) is 5.16. The number of benzene rings is 1. The molecule has 0 radical (unpaired) electrons. The van der Waals surface area contributed by atoms with Crippen molar-refractivity contribution in [3.05, 3.63) is 35.1 Å². The summed E-state index contributed by atoms with van der Waals surface area (Å²) in [6.45, 7) is 8.50. The molecular weight excluding hydrogens is 314 g/mol. The van der Waals surface area contributed by atoms with Crippen molar-refractivity contribution in [3.8, 4) is 5.75 Å². The minimum Gasteiger partial charge on any atom is -0.493 e. The minimum atomic E-state index is -0.0213. The summed E-state index contributed by atoms with van der Waals surface area (Å²) in [6, 6.07) is 4.32. The first-order valence-corrected chi connectivity index (χ1v) is 9.15. The molecule has 1 aromatic heterocycles. The fourth-order valence-electron chi connectivity index (χ4n) is 3.54. The zero-order chi connectivity index (χ0) is 18.0. The first-order valence-electron chi connectivity index (χ1n) is 9.15. The van der Waals surface area contributed by atoms with Crippen LogP contribution in [0.1, 0.15) is 56.4 Å². The van der Waals surface area contributed by atoms with Crippen molar-refractivity contribution in [2.75, 3.05) is 6.61 Å². The number of carbonyl (C=O) groups excluding carboxylic acids is 1. The third-order valence-corrected chi connectivity index (χ3v) is 5.05. The van der Waals surface area contributed by atoms with E-state index < -0.39 is 0 Å². The number of nitrogens with one attached hydrogen (secondary N) is 1. The number of carbonyl (C=O) groups is 1. The van der Waals surface area contributed by atoms with Gasteiger partial charge in [0.25, 0.3) is 0 Å². The molecule has 1 saturated carbocycles. The average molecular weight is 341 g/mol. The standard InChI is InChI=1S/C21H27NO3/c1-5-24-19-12-20-18(14(3)15(4)25-20)11-17(19)13(2)10-21(23)22-16-8-6-7-9-16/h10-12,16H,5-9H2,1-4H3,(H,22,23)/b13-10+. The molecule has 0 spiro atoms. The van der Waals surface area contributed by atoms with Crippen LogP contribution in [0, 0.1) is 13.8 Å². The van der Waals surface area contributed by atoms with Crippen molar-refractivity contribution in [1.29, 1.82) is 0 Å². The largest absolute Gasteiger partial charge is 0.493 e. The van der Waals surface area contributed by atoms with Crippen LogP contribution in [0.25, 0.3) is 16.5 Å². The zero-order valence-electron chi connectivity index (χ0n) is 15.6. The molecule has 0 aliphatic heterocycles. The van der Waals surface area contributed by atoms with Gasteiger partial charge in [0.05, 0.1) is 6.61 Å². The first kappa shape index (κ1) is 17.6. The molecule has 1 N–H and O–H groups in total. The molecule has 4 nitrogen and oxygen atoms in total. The Balaban J connectivity index is 1.93. The molecule has 1 aliphatic carbocycles. The van der Waals surface area contributed by atoms with E-state index in [0.717, 1.165) is 52.0 Å². The zero-order valence-corrected chi connectivity index (χ0v) is 15.6. The minimum absolute atomic E-state index is 0.0213. The lowest BCUT2D eigenvalue weighted by Crippen LogP contribution is -2.31. The van der Waals surface area contributed by atoms with Crippen molar-refractivity contribution in [2.24, 2.45) is 0 Å². The van der Waals surface area contributed by atoms with Gasteiger partial charge in [0.15, 0.2) is 0 Å².